The van der Waals surface area contributed by atoms with Crippen molar-refractivity contribution in [3.8, 4) is 0 Å². The Balaban J connectivity index is 1.26. The second kappa shape index (κ2) is 8.51. The van der Waals surface area contributed by atoms with Gasteiger partial charge in [0.05, 0.1) is 12.7 Å². The van der Waals surface area contributed by atoms with E-state index in [0.29, 0.717) is 0 Å². The average molecular weight is 536 g/mol. The second-order valence-corrected chi connectivity index (χ2v) is 12.2. The van der Waals surface area contributed by atoms with E-state index in [2.05, 4.69) is 0 Å². The van der Waals surface area contributed by atoms with Gasteiger partial charge in [0.1, 0.15) is 42.7 Å². The SMILES string of the molecule is C[C@@H]1O[C@@H](OC[C@H]2O[C@@H]3OC(C)(C)O[C@@H]3[C@H]3OC(C)(C)O[C@H]32)[C@H](O)[C@H]2OC(C(Cl)(Cl)Cl)O[C@H]21. The summed E-state index contributed by atoms with van der Waals surface area (Å²) in [6, 6.07) is 0. The third-order valence-electron chi connectivity index (χ3n) is 6.26. The predicted molar refractivity (Wildman–Crippen MR) is 113 cm³/mol. The highest BCUT2D eigenvalue weighted by atomic mass is 35.6. The Labute approximate surface area is 206 Å². The zero-order chi connectivity index (χ0) is 23.9. The van der Waals surface area contributed by atoms with Crippen molar-refractivity contribution in [2.24, 2.45) is 0 Å². The topological polar surface area (TPSA) is 103 Å². The number of aliphatic hydroxyl groups excluding tert-OH is 1. The van der Waals surface area contributed by atoms with Gasteiger partial charge < -0.3 is 47.7 Å². The summed E-state index contributed by atoms with van der Waals surface area (Å²) in [5.41, 5.74) is 0. The Morgan fingerprint density at radius 2 is 1.39 bits per heavy atom. The maximum atomic E-state index is 10.8. The molecule has 13 heteroatoms. The van der Waals surface area contributed by atoms with Crippen molar-refractivity contribution in [2.45, 2.75) is 118 Å². The van der Waals surface area contributed by atoms with Crippen LogP contribution in [0.3, 0.4) is 0 Å². The average Bonchev–Trinajstić information content (AvgIpc) is 3.34. The normalized spacial score (nSPS) is 50.6. The van der Waals surface area contributed by atoms with Crippen LogP contribution in [0.4, 0.5) is 0 Å². The van der Waals surface area contributed by atoms with Gasteiger partial charge in [-0.2, -0.15) is 0 Å². The molecule has 190 valence electrons. The summed E-state index contributed by atoms with van der Waals surface area (Å²) in [6.07, 6.45) is -7.76. The fourth-order valence-electron chi connectivity index (χ4n) is 4.96. The quantitative estimate of drug-likeness (QED) is 0.540. The van der Waals surface area contributed by atoms with E-state index in [1.54, 1.807) is 6.92 Å². The molecule has 1 unspecified atom stereocenters. The molecule has 11 atom stereocenters. The summed E-state index contributed by atoms with van der Waals surface area (Å²) in [4.78, 5) is 0. The van der Waals surface area contributed by atoms with Gasteiger partial charge in [0.15, 0.2) is 24.2 Å². The minimum Gasteiger partial charge on any atom is -0.385 e. The molecule has 5 saturated heterocycles. The highest BCUT2D eigenvalue weighted by Gasteiger charge is 2.61. The van der Waals surface area contributed by atoms with E-state index < -0.39 is 83.1 Å². The molecule has 1 N–H and O–H groups in total. The van der Waals surface area contributed by atoms with E-state index in [9.17, 15) is 5.11 Å². The Kier molecular flexibility index (Phi) is 6.48. The van der Waals surface area contributed by atoms with E-state index in [1.807, 2.05) is 27.7 Å². The van der Waals surface area contributed by atoms with Gasteiger partial charge >= 0.3 is 0 Å². The van der Waals surface area contributed by atoms with Crippen LogP contribution in [0, 0.1) is 0 Å². The number of ether oxygens (including phenoxy) is 9. The summed E-state index contributed by atoms with van der Waals surface area (Å²) in [6.45, 7) is 9.09. The first-order chi connectivity index (χ1) is 15.2. The maximum absolute atomic E-state index is 10.8. The Morgan fingerprint density at radius 1 is 0.788 bits per heavy atom. The third-order valence-corrected chi connectivity index (χ3v) is 6.79. The number of alkyl halides is 3. The van der Waals surface area contributed by atoms with Gasteiger partial charge in [-0.05, 0) is 34.6 Å². The van der Waals surface area contributed by atoms with Crippen LogP contribution in [0.25, 0.3) is 0 Å². The number of halogens is 3. The molecular formula is C20H29Cl3O10. The van der Waals surface area contributed by atoms with Crippen LogP contribution in [0.15, 0.2) is 0 Å². The van der Waals surface area contributed by atoms with E-state index >= 15 is 0 Å². The molecule has 0 aromatic heterocycles. The zero-order valence-electron chi connectivity index (χ0n) is 18.8. The third kappa shape index (κ3) is 4.77. The van der Waals surface area contributed by atoms with Crippen molar-refractivity contribution < 1.29 is 47.7 Å². The molecule has 0 spiro atoms. The highest BCUT2D eigenvalue weighted by Crippen LogP contribution is 2.45. The molecule has 33 heavy (non-hydrogen) atoms. The lowest BCUT2D eigenvalue weighted by molar-refractivity contribution is -0.297. The van der Waals surface area contributed by atoms with Gasteiger partial charge in [-0.3, -0.25) is 0 Å². The minimum atomic E-state index is -1.81. The number of fused-ring (bicyclic) bond motifs is 4. The van der Waals surface area contributed by atoms with Crippen molar-refractivity contribution in [3.63, 3.8) is 0 Å². The fourth-order valence-corrected chi connectivity index (χ4v) is 5.27. The van der Waals surface area contributed by atoms with Crippen LogP contribution in [0.1, 0.15) is 34.6 Å². The molecule has 5 fully saturated rings. The first-order valence-corrected chi connectivity index (χ1v) is 12.1. The summed E-state index contributed by atoms with van der Waals surface area (Å²) in [5, 5.41) is 10.8. The van der Waals surface area contributed by atoms with Gasteiger partial charge in [-0.15, -0.1) is 0 Å². The molecule has 5 heterocycles. The molecular weight excluding hydrogens is 507 g/mol. The predicted octanol–water partition coefficient (Wildman–Crippen LogP) is 1.99. The maximum Gasteiger partial charge on any atom is 0.240 e. The van der Waals surface area contributed by atoms with E-state index in [1.165, 1.54) is 0 Å². The molecule has 0 aromatic rings. The van der Waals surface area contributed by atoms with Gasteiger partial charge in [-0.25, -0.2) is 0 Å². The van der Waals surface area contributed by atoms with Crippen molar-refractivity contribution in [2.75, 3.05) is 6.61 Å². The molecule has 0 radical (unpaired) electrons. The number of hydrogen-bond donors (Lipinski definition) is 1. The first-order valence-electron chi connectivity index (χ1n) is 10.9. The molecule has 0 aromatic carbocycles. The van der Waals surface area contributed by atoms with Crippen LogP contribution in [-0.4, -0.2) is 94.8 Å². The van der Waals surface area contributed by atoms with Crippen LogP contribution in [0.5, 0.6) is 0 Å². The summed E-state index contributed by atoms with van der Waals surface area (Å²) in [7, 11) is 0. The molecule has 0 saturated carbocycles. The molecule has 5 aliphatic heterocycles. The van der Waals surface area contributed by atoms with Crippen LogP contribution in [0.2, 0.25) is 0 Å². The number of hydrogen-bond acceptors (Lipinski definition) is 10. The summed E-state index contributed by atoms with van der Waals surface area (Å²) < 4.78 is 51.5. The minimum absolute atomic E-state index is 0.0359. The number of aliphatic hydroxyl groups is 1. The Hall–Kier alpha value is 0.470. The van der Waals surface area contributed by atoms with Crippen molar-refractivity contribution in [1.29, 1.82) is 0 Å². The van der Waals surface area contributed by atoms with Crippen LogP contribution >= 0.6 is 34.8 Å². The van der Waals surface area contributed by atoms with Gasteiger partial charge in [-0.1, -0.05) is 34.8 Å². The van der Waals surface area contributed by atoms with Crippen molar-refractivity contribution in [1.82, 2.24) is 0 Å². The van der Waals surface area contributed by atoms with Gasteiger partial charge in [0.25, 0.3) is 0 Å². The second-order valence-electron chi connectivity index (χ2n) is 9.82. The fraction of sp³-hybridized carbons (Fsp3) is 1.00. The Bertz CT molecular complexity index is 748. The monoisotopic (exact) mass is 534 g/mol. The number of rotatable bonds is 3. The largest absolute Gasteiger partial charge is 0.385 e. The molecule has 10 nitrogen and oxygen atoms in total. The lowest BCUT2D eigenvalue weighted by Gasteiger charge is -2.41. The van der Waals surface area contributed by atoms with Crippen LogP contribution in [-0.2, 0) is 42.6 Å². The summed E-state index contributed by atoms with van der Waals surface area (Å²) in [5.74, 6) is -1.65. The molecule has 5 rings (SSSR count). The highest BCUT2D eigenvalue weighted by molar-refractivity contribution is 6.67. The molecule has 0 amide bonds. The zero-order valence-corrected chi connectivity index (χ0v) is 21.1. The lowest BCUT2D eigenvalue weighted by Crippen LogP contribution is -2.59. The van der Waals surface area contributed by atoms with Gasteiger partial charge in [0.2, 0.25) is 10.1 Å². The Morgan fingerprint density at radius 3 is 2.09 bits per heavy atom. The first kappa shape index (κ1) is 25.1. The standard InChI is InChI=1S/C20H29Cl3O10/c1-7-10-12(29-17(28-10)20(21,22)23)9(24)15(26-7)25-6-8-11-13(31-18(2,3)30-11)14-16(27-8)33-19(4,5)32-14/h7-17,24H,6H2,1-5H3/t7-,8+,9+,10-,11-,12+,13-,14+,15+,16+,17?/m0/s1. The smallest absolute Gasteiger partial charge is 0.240 e. The lowest BCUT2D eigenvalue weighted by atomic mass is 9.99. The molecule has 5 aliphatic rings. The van der Waals surface area contributed by atoms with Crippen molar-refractivity contribution >= 4 is 34.8 Å². The van der Waals surface area contributed by atoms with E-state index in [0.717, 1.165) is 0 Å². The summed E-state index contributed by atoms with van der Waals surface area (Å²) >= 11 is 17.7. The van der Waals surface area contributed by atoms with Crippen LogP contribution < -0.4 is 0 Å². The van der Waals surface area contributed by atoms with E-state index in [-0.39, 0.29) is 6.61 Å². The molecule has 0 aliphatic carbocycles. The van der Waals surface area contributed by atoms with E-state index in [4.69, 9.17) is 77.4 Å². The molecule has 0 bridgehead atoms. The van der Waals surface area contributed by atoms with Gasteiger partial charge in [0, 0.05) is 0 Å². The van der Waals surface area contributed by atoms with Crippen molar-refractivity contribution in [3.05, 3.63) is 0 Å².